The van der Waals surface area contributed by atoms with E-state index in [0.29, 0.717) is 12.0 Å². The SMILES string of the molecule is CNC(Cc1cc(F)ccc1F)c1cc(C)c(C)s1. The van der Waals surface area contributed by atoms with Crippen molar-refractivity contribution in [3.05, 3.63) is 56.8 Å². The van der Waals surface area contributed by atoms with Crippen LogP contribution in [0, 0.1) is 25.5 Å². The first-order valence-electron chi connectivity index (χ1n) is 6.19. The van der Waals surface area contributed by atoms with Crippen LogP contribution in [0.3, 0.4) is 0 Å². The van der Waals surface area contributed by atoms with E-state index in [1.54, 1.807) is 11.3 Å². The van der Waals surface area contributed by atoms with Crippen LogP contribution < -0.4 is 5.32 Å². The van der Waals surface area contributed by atoms with Gasteiger partial charge in [0, 0.05) is 15.8 Å². The molecule has 1 nitrogen and oxygen atoms in total. The van der Waals surface area contributed by atoms with Gasteiger partial charge < -0.3 is 5.32 Å². The van der Waals surface area contributed by atoms with E-state index in [-0.39, 0.29) is 11.9 Å². The highest BCUT2D eigenvalue weighted by atomic mass is 32.1. The minimum absolute atomic E-state index is 0.00806. The summed E-state index contributed by atoms with van der Waals surface area (Å²) in [4.78, 5) is 2.41. The zero-order chi connectivity index (χ0) is 14.0. The standard InChI is InChI=1S/C15H17F2NS/c1-9-6-15(19-10(9)2)14(18-3)8-11-7-12(16)4-5-13(11)17/h4-7,14,18H,8H2,1-3H3. The number of nitrogens with one attached hydrogen (secondary N) is 1. The molecule has 1 unspecified atom stereocenters. The molecule has 102 valence electrons. The quantitative estimate of drug-likeness (QED) is 0.888. The molecule has 0 saturated carbocycles. The molecule has 0 bridgehead atoms. The third-order valence-electron chi connectivity index (χ3n) is 3.31. The van der Waals surface area contributed by atoms with Gasteiger partial charge in [0.05, 0.1) is 0 Å². The molecule has 4 heteroatoms. The lowest BCUT2D eigenvalue weighted by Gasteiger charge is -2.15. The first-order valence-corrected chi connectivity index (χ1v) is 7.01. The third-order valence-corrected chi connectivity index (χ3v) is 4.57. The summed E-state index contributed by atoms with van der Waals surface area (Å²) < 4.78 is 26.9. The van der Waals surface area contributed by atoms with Gasteiger partial charge in [-0.1, -0.05) is 0 Å². The molecule has 0 amide bonds. The molecule has 1 aromatic heterocycles. The summed E-state index contributed by atoms with van der Waals surface area (Å²) in [5.41, 5.74) is 1.64. The van der Waals surface area contributed by atoms with E-state index in [9.17, 15) is 8.78 Å². The highest BCUT2D eigenvalue weighted by Crippen LogP contribution is 2.29. The molecule has 0 fully saturated rings. The summed E-state index contributed by atoms with van der Waals surface area (Å²) >= 11 is 1.70. The van der Waals surface area contributed by atoms with E-state index in [2.05, 4.69) is 25.2 Å². The van der Waals surface area contributed by atoms with Crippen molar-refractivity contribution in [1.29, 1.82) is 0 Å². The second kappa shape index (κ2) is 5.80. The zero-order valence-electron chi connectivity index (χ0n) is 11.3. The number of aryl methyl sites for hydroxylation is 2. The maximum atomic E-state index is 13.7. The summed E-state index contributed by atoms with van der Waals surface area (Å²) in [5, 5.41) is 3.18. The van der Waals surface area contributed by atoms with Crippen LogP contribution in [0.5, 0.6) is 0 Å². The summed E-state index contributed by atoms with van der Waals surface area (Å²) in [6, 6.07) is 5.72. The van der Waals surface area contributed by atoms with Gasteiger partial charge in [-0.05, 0) is 62.7 Å². The maximum absolute atomic E-state index is 13.7. The van der Waals surface area contributed by atoms with E-state index in [0.717, 1.165) is 10.9 Å². The van der Waals surface area contributed by atoms with E-state index in [1.165, 1.54) is 22.6 Å². The smallest absolute Gasteiger partial charge is 0.126 e. The Balaban J connectivity index is 2.26. The van der Waals surface area contributed by atoms with Crippen molar-refractivity contribution in [2.45, 2.75) is 26.3 Å². The van der Waals surface area contributed by atoms with Gasteiger partial charge in [0.15, 0.2) is 0 Å². The van der Waals surface area contributed by atoms with E-state index < -0.39 is 5.82 Å². The predicted molar refractivity (Wildman–Crippen MR) is 75.7 cm³/mol. The molecular weight excluding hydrogens is 264 g/mol. The summed E-state index contributed by atoms with van der Waals surface area (Å²) in [6.45, 7) is 4.13. The summed E-state index contributed by atoms with van der Waals surface area (Å²) in [7, 11) is 1.84. The average molecular weight is 281 g/mol. The molecule has 1 heterocycles. The fourth-order valence-electron chi connectivity index (χ4n) is 2.04. The molecule has 0 aliphatic carbocycles. The van der Waals surface area contributed by atoms with Crippen molar-refractivity contribution in [2.75, 3.05) is 7.05 Å². The van der Waals surface area contributed by atoms with Crippen LogP contribution in [0.2, 0.25) is 0 Å². The van der Waals surface area contributed by atoms with Gasteiger partial charge in [-0.25, -0.2) is 8.78 Å². The minimum atomic E-state index is -0.398. The van der Waals surface area contributed by atoms with Gasteiger partial charge in [-0.3, -0.25) is 0 Å². The Labute approximate surface area is 116 Å². The molecule has 1 aromatic carbocycles. The molecular formula is C15H17F2NS. The maximum Gasteiger partial charge on any atom is 0.126 e. The Morgan fingerprint density at radius 1 is 1.21 bits per heavy atom. The molecule has 1 N–H and O–H groups in total. The molecule has 2 aromatic rings. The number of likely N-dealkylation sites (N-methyl/N-ethyl adjacent to an activating group) is 1. The Bertz CT molecular complexity index is 558. The second-order valence-electron chi connectivity index (χ2n) is 4.67. The summed E-state index contributed by atoms with van der Waals surface area (Å²) in [5.74, 6) is -0.753. The Morgan fingerprint density at radius 2 is 1.95 bits per heavy atom. The first kappa shape index (κ1) is 14.2. The van der Waals surface area contributed by atoms with Crippen LogP contribution in [0.4, 0.5) is 8.78 Å². The minimum Gasteiger partial charge on any atom is -0.312 e. The van der Waals surface area contributed by atoms with Crippen LogP contribution in [0.25, 0.3) is 0 Å². The second-order valence-corrected chi connectivity index (χ2v) is 5.96. The van der Waals surface area contributed by atoms with Crippen LogP contribution >= 0.6 is 11.3 Å². The van der Waals surface area contributed by atoms with Crippen LogP contribution in [-0.4, -0.2) is 7.05 Å². The van der Waals surface area contributed by atoms with Gasteiger partial charge in [-0.15, -0.1) is 11.3 Å². The molecule has 1 atom stereocenters. The van der Waals surface area contributed by atoms with Crippen LogP contribution in [0.15, 0.2) is 24.3 Å². The van der Waals surface area contributed by atoms with Crippen molar-refractivity contribution < 1.29 is 8.78 Å². The number of benzene rings is 1. The zero-order valence-corrected chi connectivity index (χ0v) is 12.1. The Morgan fingerprint density at radius 3 is 2.53 bits per heavy atom. The van der Waals surface area contributed by atoms with E-state index >= 15 is 0 Å². The van der Waals surface area contributed by atoms with Gasteiger partial charge in [0.25, 0.3) is 0 Å². The van der Waals surface area contributed by atoms with Crippen molar-refractivity contribution in [1.82, 2.24) is 5.32 Å². The highest BCUT2D eigenvalue weighted by molar-refractivity contribution is 7.12. The average Bonchev–Trinajstić information content (AvgIpc) is 2.70. The number of hydrogen-bond donors (Lipinski definition) is 1. The van der Waals surface area contributed by atoms with E-state index in [4.69, 9.17) is 0 Å². The molecule has 0 aliphatic rings. The first-order chi connectivity index (χ1) is 9.01. The van der Waals surface area contributed by atoms with Gasteiger partial charge in [-0.2, -0.15) is 0 Å². The monoisotopic (exact) mass is 281 g/mol. The fourth-order valence-corrected chi connectivity index (χ4v) is 3.19. The largest absolute Gasteiger partial charge is 0.312 e. The van der Waals surface area contributed by atoms with Gasteiger partial charge >= 0.3 is 0 Å². The number of halogens is 2. The molecule has 19 heavy (non-hydrogen) atoms. The normalized spacial score (nSPS) is 12.7. The van der Waals surface area contributed by atoms with Crippen LogP contribution in [-0.2, 0) is 6.42 Å². The third kappa shape index (κ3) is 3.19. The lowest BCUT2D eigenvalue weighted by atomic mass is 10.0. The van der Waals surface area contributed by atoms with Crippen LogP contribution in [0.1, 0.15) is 26.9 Å². The van der Waals surface area contributed by atoms with E-state index in [1.807, 2.05) is 7.05 Å². The lowest BCUT2D eigenvalue weighted by molar-refractivity contribution is 0.548. The highest BCUT2D eigenvalue weighted by Gasteiger charge is 2.16. The van der Waals surface area contributed by atoms with Crippen molar-refractivity contribution in [3.63, 3.8) is 0 Å². The van der Waals surface area contributed by atoms with Gasteiger partial charge in [0.1, 0.15) is 11.6 Å². The number of thiophene rings is 1. The van der Waals surface area contributed by atoms with Crippen molar-refractivity contribution in [2.24, 2.45) is 0 Å². The molecule has 0 aliphatic heterocycles. The van der Waals surface area contributed by atoms with Crippen molar-refractivity contribution >= 4 is 11.3 Å². The van der Waals surface area contributed by atoms with Crippen molar-refractivity contribution in [3.8, 4) is 0 Å². The Hall–Kier alpha value is -1.26. The molecule has 0 saturated heterocycles. The molecule has 2 rings (SSSR count). The number of rotatable bonds is 4. The fraction of sp³-hybridized carbons (Fsp3) is 0.333. The molecule has 0 spiro atoms. The molecule has 0 radical (unpaired) electrons. The van der Waals surface area contributed by atoms with Gasteiger partial charge in [0.2, 0.25) is 0 Å². The number of hydrogen-bond acceptors (Lipinski definition) is 2. The summed E-state index contributed by atoms with van der Waals surface area (Å²) in [6.07, 6.45) is 0.444. The lowest BCUT2D eigenvalue weighted by Crippen LogP contribution is -2.18. The Kier molecular flexibility index (Phi) is 4.32. The predicted octanol–water partition coefficient (Wildman–Crippen LogP) is 4.15. The topological polar surface area (TPSA) is 12.0 Å².